The highest BCUT2D eigenvalue weighted by Crippen LogP contribution is 2.58. The van der Waals surface area contributed by atoms with Crippen LogP contribution in [-0.2, 0) is 5.41 Å². The van der Waals surface area contributed by atoms with Gasteiger partial charge in [-0.15, -0.1) is 0 Å². The van der Waals surface area contributed by atoms with Gasteiger partial charge >= 0.3 is 6.18 Å². The average Bonchev–Trinajstić information content (AvgIpc) is 2.82. The summed E-state index contributed by atoms with van der Waals surface area (Å²) < 4.78 is 41.9. The molecule has 3 aliphatic carbocycles. The van der Waals surface area contributed by atoms with Crippen LogP contribution < -0.4 is 4.74 Å². The molecule has 1 nitrogen and oxygen atoms in total. The molecule has 3 saturated carbocycles. The third-order valence-electron chi connectivity index (χ3n) is 8.03. The summed E-state index contributed by atoms with van der Waals surface area (Å²) in [6.45, 7) is 4.66. The minimum Gasteiger partial charge on any atom is -0.490 e. The third kappa shape index (κ3) is 5.47. The van der Waals surface area contributed by atoms with E-state index in [2.05, 4.69) is 38.1 Å². The zero-order chi connectivity index (χ0) is 23.5. The predicted molar refractivity (Wildman–Crippen MR) is 128 cm³/mol. The van der Waals surface area contributed by atoms with Crippen molar-refractivity contribution in [3.63, 3.8) is 0 Å². The van der Waals surface area contributed by atoms with Crippen LogP contribution in [0.25, 0.3) is 11.1 Å². The summed E-state index contributed by atoms with van der Waals surface area (Å²) in [5.41, 5.74) is 4.08. The molecule has 2 aromatic carbocycles. The van der Waals surface area contributed by atoms with Gasteiger partial charge < -0.3 is 4.74 Å². The van der Waals surface area contributed by atoms with Gasteiger partial charge in [0.15, 0.2) is 0 Å². The Morgan fingerprint density at radius 3 is 2.18 bits per heavy atom. The molecule has 2 atom stereocenters. The first-order valence-electron chi connectivity index (χ1n) is 12.4. The zero-order valence-corrected chi connectivity index (χ0v) is 19.7. The molecular formula is C29H35F3O. The SMILES string of the molecule is CCCC(C)C1CC2CCC1(c1ccc(-c3ccc(OCC=CC(F)(F)F)cc3)cc1)CC2. The van der Waals surface area contributed by atoms with Crippen LogP contribution in [0.3, 0.4) is 0 Å². The number of benzene rings is 2. The van der Waals surface area contributed by atoms with E-state index in [-0.39, 0.29) is 12.7 Å². The molecule has 4 heteroatoms. The van der Waals surface area contributed by atoms with E-state index in [4.69, 9.17) is 4.74 Å². The topological polar surface area (TPSA) is 9.23 Å². The lowest BCUT2D eigenvalue weighted by atomic mass is 9.50. The quantitative estimate of drug-likeness (QED) is 0.361. The van der Waals surface area contributed by atoms with Crippen molar-refractivity contribution in [1.82, 2.24) is 0 Å². The number of alkyl halides is 3. The molecule has 3 aliphatic rings. The van der Waals surface area contributed by atoms with Crippen LogP contribution in [0.2, 0.25) is 0 Å². The van der Waals surface area contributed by atoms with E-state index in [9.17, 15) is 13.2 Å². The van der Waals surface area contributed by atoms with Crippen LogP contribution in [0.15, 0.2) is 60.7 Å². The Balaban J connectivity index is 1.46. The monoisotopic (exact) mass is 456 g/mol. The molecule has 0 saturated heterocycles. The highest BCUT2D eigenvalue weighted by molar-refractivity contribution is 5.64. The molecule has 2 unspecified atom stereocenters. The van der Waals surface area contributed by atoms with Crippen molar-refractivity contribution >= 4 is 0 Å². The molecule has 0 heterocycles. The van der Waals surface area contributed by atoms with Crippen molar-refractivity contribution in [1.29, 1.82) is 0 Å². The maximum Gasteiger partial charge on any atom is 0.409 e. The zero-order valence-electron chi connectivity index (χ0n) is 19.7. The van der Waals surface area contributed by atoms with Gasteiger partial charge in [0.25, 0.3) is 0 Å². The molecule has 0 amide bonds. The molecule has 0 aromatic heterocycles. The van der Waals surface area contributed by atoms with Crippen molar-refractivity contribution in [2.24, 2.45) is 17.8 Å². The molecule has 5 rings (SSSR count). The molecule has 178 valence electrons. The van der Waals surface area contributed by atoms with Crippen molar-refractivity contribution in [3.8, 4) is 16.9 Å². The Morgan fingerprint density at radius 1 is 1.00 bits per heavy atom. The number of hydrogen-bond acceptors (Lipinski definition) is 1. The normalized spacial score (nSPS) is 26.0. The Labute approximate surface area is 196 Å². The summed E-state index contributed by atoms with van der Waals surface area (Å²) in [7, 11) is 0. The second kappa shape index (κ2) is 9.95. The lowest BCUT2D eigenvalue weighted by Gasteiger charge is -2.55. The number of hydrogen-bond donors (Lipinski definition) is 0. The van der Waals surface area contributed by atoms with Gasteiger partial charge in [-0.05, 0) is 90.2 Å². The van der Waals surface area contributed by atoms with E-state index in [1.807, 2.05) is 24.3 Å². The summed E-state index contributed by atoms with van der Waals surface area (Å²) in [5.74, 6) is 3.06. The van der Waals surface area contributed by atoms with Gasteiger partial charge in [-0.2, -0.15) is 13.2 Å². The Kier molecular flexibility index (Phi) is 7.21. The first kappa shape index (κ1) is 23.9. The number of fused-ring (bicyclic) bond motifs is 3. The van der Waals surface area contributed by atoms with Crippen molar-refractivity contribution in [2.75, 3.05) is 6.61 Å². The molecule has 3 fully saturated rings. The summed E-state index contributed by atoms with van der Waals surface area (Å²) in [6, 6.07) is 16.7. The number of allylic oxidation sites excluding steroid dienone is 1. The van der Waals surface area contributed by atoms with Crippen molar-refractivity contribution in [3.05, 3.63) is 66.2 Å². The van der Waals surface area contributed by atoms with Crippen LogP contribution in [0.4, 0.5) is 13.2 Å². The molecule has 0 aliphatic heterocycles. The fourth-order valence-corrected chi connectivity index (χ4v) is 6.38. The van der Waals surface area contributed by atoms with E-state index in [0.717, 1.165) is 35.0 Å². The molecule has 0 radical (unpaired) electrons. The smallest absolute Gasteiger partial charge is 0.409 e. The number of ether oxygens (including phenoxy) is 1. The molecule has 2 bridgehead atoms. The van der Waals surface area contributed by atoms with Gasteiger partial charge in [0, 0.05) is 6.08 Å². The Bertz CT molecular complexity index is 919. The Hall–Kier alpha value is -2.23. The first-order valence-corrected chi connectivity index (χ1v) is 12.4. The van der Waals surface area contributed by atoms with Gasteiger partial charge in [-0.25, -0.2) is 0 Å². The van der Waals surface area contributed by atoms with Crippen LogP contribution in [0.5, 0.6) is 5.75 Å². The standard InChI is InChI=1S/C29H35F3O/c1-3-5-21(2)27-20-22-14-17-28(27,18-15-22)25-10-6-23(7-11-25)24-8-12-26(13-9-24)33-19-4-16-29(30,31)32/h4,6-13,16,21-22,27H,3,5,14-15,17-20H2,1-2H3. The number of halogens is 3. The molecule has 0 spiro atoms. The second-order valence-electron chi connectivity index (χ2n) is 10.1. The summed E-state index contributed by atoms with van der Waals surface area (Å²) in [5, 5.41) is 0. The van der Waals surface area contributed by atoms with Gasteiger partial charge in [-0.1, -0.05) is 63.1 Å². The van der Waals surface area contributed by atoms with Crippen molar-refractivity contribution < 1.29 is 17.9 Å². The van der Waals surface area contributed by atoms with Crippen LogP contribution in [0, 0.1) is 17.8 Å². The van der Waals surface area contributed by atoms with Gasteiger partial charge in [0.1, 0.15) is 12.4 Å². The first-order chi connectivity index (χ1) is 15.8. The molecule has 0 N–H and O–H groups in total. The maximum atomic E-state index is 12.2. The van der Waals surface area contributed by atoms with Crippen LogP contribution in [-0.4, -0.2) is 12.8 Å². The van der Waals surface area contributed by atoms with Gasteiger partial charge in [0.05, 0.1) is 0 Å². The fraction of sp³-hybridized carbons (Fsp3) is 0.517. The van der Waals surface area contributed by atoms with Crippen LogP contribution in [0.1, 0.15) is 64.4 Å². The highest BCUT2D eigenvalue weighted by Gasteiger charge is 2.49. The molecule has 2 aromatic rings. The minimum absolute atomic E-state index is 0.103. The summed E-state index contributed by atoms with van der Waals surface area (Å²) >= 11 is 0. The van der Waals surface area contributed by atoms with E-state index in [0.29, 0.717) is 11.2 Å². The molecule has 33 heavy (non-hydrogen) atoms. The van der Waals surface area contributed by atoms with Crippen LogP contribution >= 0.6 is 0 Å². The van der Waals surface area contributed by atoms with E-state index in [1.54, 1.807) is 0 Å². The van der Waals surface area contributed by atoms with Gasteiger partial charge in [0.2, 0.25) is 0 Å². The third-order valence-corrected chi connectivity index (χ3v) is 8.03. The number of rotatable bonds is 8. The molecular weight excluding hydrogens is 421 g/mol. The minimum atomic E-state index is -4.30. The fourth-order valence-electron chi connectivity index (χ4n) is 6.38. The lowest BCUT2D eigenvalue weighted by molar-refractivity contribution is -0.0801. The van der Waals surface area contributed by atoms with Gasteiger partial charge in [-0.3, -0.25) is 0 Å². The van der Waals surface area contributed by atoms with E-state index >= 15 is 0 Å². The highest BCUT2D eigenvalue weighted by atomic mass is 19.4. The lowest BCUT2D eigenvalue weighted by Crippen LogP contribution is -2.48. The predicted octanol–water partition coefficient (Wildman–Crippen LogP) is 8.74. The maximum absolute atomic E-state index is 12.2. The second-order valence-corrected chi connectivity index (χ2v) is 10.1. The van der Waals surface area contributed by atoms with Crippen molar-refractivity contribution in [2.45, 2.75) is 70.4 Å². The van der Waals surface area contributed by atoms with E-state index < -0.39 is 6.18 Å². The average molecular weight is 457 g/mol. The largest absolute Gasteiger partial charge is 0.490 e. The van der Waals surface area contributed by atoms with E-state index in [1.165, 1.54) is 50.5 Å². The Morgan fingerprint density at radius 2 is 1.61 bits per heavy atom. The summed E-state index contributed by atoms with van der Waals surface area (Å²) in [4.78, 5) is 0. The summed E-state index contributed by atoms with van der Waals surface area (Å²) in [6.07, 6.45) is 6.25.